The molecule has 4 aromatic rings. The molecule has 1 heterocycles. The van der Waals surface area contributed by atoms with Crippen LogP contribution in [0.5, 0.6) is 34.5 Å². The molecule has 3 N–H and O–H groups in total. The van der Waals surface area contributed by atoms with Crippen molar-refractivity contribution in [2.45, 2.75) is 12.0 Å². The summed E-state index contributed by atoms with van der Waals surface area (Å²) >= 11 is 0. The Hall–Kier alpha value is -5.64. The molecule has 0 unspecified atom stereocenters. The number of carbonyl (C=O) groups excluding carboxylic acids is 2. The van der Waals surface area contributed by atoms with Crippen LogP contribution in [0.15, 0.2) is 84.9 Å². The molecule has 0 bridgehead atoms. The van der Waals surface area contributed by atoms with Gasteiger partial charge in [0.1, 0.15) is 30.8 Å². The average molecular weight is 599 g/mol. The number of aromatic hydroxyl groups is 3. The van der Waals surface area contributed by atoms with Gasteiger partial charge in [0.25, 0.3) is 0 Å². The SMILES string of the molecule is COc1cc([C@H]2Oc3c(OC)cc(C=CCOC(=O)c4ccc(O)cc4)cc3[C@@H]2COC(=O)c2ccc(O)cc2)ccc1O. The number of benzene rings is 4. The molecular weight excluding hydrogens is 568 g/mol. The second-order valence-corrected chi connectivity index (χ2v) is 9.91. The van der Waals surface area contributed by atoms with Crippen molar-refractivity contribution in [1.82, 2.24) is 0 Å². The van der Waals surface area contributed by atoms with Gasteiger partial charge in [-0.2, -0.15) is 0 Å². The van der Waals surface area contributed by atoms with E-state index in [0.717, 1.165) is 11.1 Å². The number of hydrogen-bond donors (Lipinski definition) is 3. The van der Waals surface area contributed by atoms with E-state index < -0.39 is 24.0 Å². The van der Waals surface area contributed by atoms with Gasteiger partial charge in [0.05, 0.1) is 31.3 Å². The van der Waals surface area contributed by atoms with Crippen molar-refractivity contribution < 1.29 is 48.6 Å². The molecule has 44 heavy (non-hydrogen) atoms. The third kappa shape index (κ3) is 6.54. The van der Waals surface area contributed by atoms with Gasteiger partial charge in [0.15, 0.2) is 23.0 Å². The van der Waals surface area contributed by atoms with Crippen LogP contribution >= 0.6 is 0 Å². The summed E-state index contributed by atoms with van der Waals surface area (Å²) in [6.45, 7) is -0.0552. The molecule has 10 heteroatoms. The minimum atomic E-state index is -0.619. The summed E-state index contributed by atoms with van der Waals surface area (Å²) in [5.41, 5.74) is 2.72. The van der Waals surface area contributed by atoms with Gasteiger partial charge in [-0.15, -0.1) is 0 Å². The molecule has 0 radical (unpaired) electrons. The standard InChI is InChI=1S/C34H30O10/c1-40-29-18-23(9-14-28(29)37)31-27(19-43-34(39)22-7-12-25(36)13-8-22)26-16-20(17-30(41-2)32(26)44-31)4-3-15-42-33(38)21-5-10-24(35)11-6-21/h3-14,16-18,27,31,35-37H,15,19H2,1-2H3/t27-,31+/m0/s1. The smallest absolute Gasteiger partial charge is 0.338 e. The van der Waals surface area contributed by atoms with Crippen molar-refractivity contribution in [3.63, 3.8) is 0 Å². The maximum Gasteiger partial charge on any atom is 0.338 e. The minimum Gasteiger partial charge on any atom is -0.508 e. The van der Waals surface area contributed by atoms with Crippen LogP contribution in [0.4, 0.5) is 0 Å². The fourth-order valence-electron chi connectivity index (χ4n) is 4.85. The van der Waals surface area contributed by atoms with Gasteiger partial charge in [0.2, 0.25) is 0 Å². The fourth-order valence-corrected chi connectivity index (χ4v) is 4.85. The Morgan fingerprint density at radius 3 is 2.00 bits per heavy atom. The van der Waals surface area contributed by atoms with Crippen molar-refractivity contribution >= 4 is 18.0 Å². The highest BCUT2D eigenvalue weighted by Crippen LogP contribution is 2.52. The van der Waals surface area contributed by atoms with Crippen molar-refractivity contribution in [3.8, 4) is 34.5 Å². The zero-order valence-corrected chi connectivity index (χ0v) is 23.9. The van der Waals surface area contributed by atoms with Crippen LogP contribution in [0.1, 0.15) is 49.4 Å². The number of fused-ring (bicyclic) bond motifs is 1. The molecule has 1 aliphatic rings. The Morgan fingerprint density at radius 2 is 1.39 bits per heavy atom. The van der Waals surface area contributed by atoms with E-state index in [1.807, 2.05) is 6.07 Å². The molecule has 0 saturated heterocycles. The Bertz CT molecular complexity index is 1680. The van der Waals surface area contributed by atoms with Gasteiger partial charge in [0, 0.05) is 5.56 Å². The number of phenolic OH excluding ortho intramolecular Hbond substituents is 3. The monoisotopic (exact) mass is 598 g/mol. The highest BCUT2D eigenvalue weighted by Gasteiger charge is 2.39. The summed E-state index contributed by atoms with van der Waals surface area (Å²) in [7, 11) is 2.96. The molecule has 10 nitrogen and oxygen atoms in total. The van der Waals surface area contributed by atoms with Gasteiger partial charge in [-0.1, -0.05) is 12.1 Å². The van der Waals surface area contributed by atoms with E-state index in [9.17, 15) is 24.9 Å². The molecule has 226 valence electrons. The maximum absolute atomic E-state index is 12.9. The summed E-state index contributed by atoms with van der Waals surface area (Å²) < 4.78 is 28.4. The van der Waals surface area contributed by atoms with Gasteiger partial charge in [-0.05, 0) is 90.0 Å². The number of esters is 2. The molecule has 0 aromatic heterocycles. The summed E-state index contributed by atoms with van der Waals surface area (Å²) in [5.74, 6) is -0.332. The van der Waals surface area contributed by atoms with E-state index in [1.165, 1.54) is 68.8 Å². The van der Waals surface area contributed by atoms with Gasteiger partial charge in [-0.25, -0.2) is 9.59 Å². The lowest BCUT2D eigenvalue weighted by atomic mass is 9.90. The van der Waals surface area contributed by atoms with E-state index in [4.69, 9.17) is 23.7 Å². The third-order valence-electron chi connectivity index (χ3n) is 7.09. The first-order valence-corrected chi connectivity index (χ1v) is 13.6. The predicted molar refractivity (Wildman–Crippen MR) is 160 cm³/mol. The van der Waals surface area contributed by atoms with Crippen LogP contribution in [0.25, 0.3) is 6.08 Å². The van der Waals surface area contributed by atoms with Crippen LogP contribution in [0.3, 0.4) is 0 Å². The van der Waals surface area contributed by atoms with Crippen molar-refractivity contribution in [3.05, 3.63) is 113 Å². The largest absolute Gasteiger partial charge is 0.508 e. The van der Waals surface area contributed by atoms with E-state index >= 15 is 0 Å². The van der Waals surface area contributed by atoms with E-state index in [0.29, 0.717) is 22.6 Å². The zero-order valence-electron chi connectivity index (χ0n) is 23.9. The Morgan fingerprint density at radius 1 is 0.773 bits per heavy atom. The number of phenols is 3. The molecule has 0 saturated carbocycles. The molecule has 0 fully saturated rings. The molecule has 2 atom stereocenters. The number of rotatable bonds is 10. The maximum atomic E-state index is 12.9. The topological polar surface area (TPSA) is 141 Å². The van der Waals surface area contributed by atoms with E-state index in [2.05, 4.69) is 0 Å². The van der Waals surface area contributed by atoms with Crippen LogP contribution in [-0.2, 0) is 9.47 Å². The second kappa shape index (κ2) is 13.1. The zero-order chi connectivity index (χ0) is 31.2. The minimum absolute atomic E-state index is 0.000784. The first kappa shape index (κ1) is 29.8. The lowest BCUT2D eigenvalue weighted by molar-refractivity contribution is 0.0428. The molecule has 0 spiro atoms. The predicted octanol–water partition coefficient (Wildman–Crippen LogP) is 5.77. The average Bonchev–Trinajstić information content (AvgIpc) is 3.40. The number of hydrogen-bond acceptors (Lipinski definition) is 10. The summed E-state index contributed by atoms with van der Waals surface area (Å²) in [4.78, 5) is 25.2. The summed E-state index contributed by atoms with van der Waals surface area (Å²) in [5, 5.41) is 29.1. The molecular formula is C34H30O10. The first-order valence-electron chi connectivity index (χ1n) is 13.6. The summed E-state index contributed by atoms with van der Waals surface area (Å²) in [6, 6.07) is 20.0. The van der Waals surface area contributed by atoms with Crippen LogP contribution < -0.4 is 14.2 Å². The number of ether oxygens (including phenoxy) is 5. The second-order valence-electron chi connectivity index (χ2n) is 9.91. The molecule has 0 aliphatic carbocycles. The van der Waals surface area contributed by atoms with Crippen molar-refractivity contribution in [2.75, 3.05) is 27.4 Å². The van der Waals surface area contributed by atoms with Crippen LogP contribution in [0.2, 0.25) is 0 Å². The highest BCUT2D eigenvalue weighted by molar-refractivity contribution is 5.90. The van der Waals surface area contributed by atoms with Crippen molar-refractivity contribution in [1.29, 1.82) is 0 Å². The Labute approximate surface area is 253 Å². The van der Waals surface area contributed by atoms with Gasteiger partial charge in [-0.3, -0.25) is 0 Å². The molecule has 5 rings (SSSR count). The normalized spacial score (nSPS) is 15.3. The van der Waals surface area contributed by atoms with Crippen molar-refractivity contribution in [2.24, 2.45) is 0 Å². The Kier molecular flexibility index (Phi) is 8.90. The van der Waals surface area contributed by atoms with E-state index in [1.54, 1.807) is 30.4 Å². The molecule has 1 aliphatic heterocycles. The van der Waals surface area contributed by atoms with Crippen LogP contribution in [-0.4, -0.2) is 54.7 Å². The molecule has 4 aromatic carbocycles. The van der Waals surface area contributed by atoms with Crippen LogP contribution in [0, 0.1) is 0 Å². The quantitative estimate of drug-likeness (QED) is 0.193. The highest BCUT2D eigenvalue weighted by atomic mass is 16.5. The lowest BCUT2D eigenvalue weighted by Crippen LogP contribution is -2.18. The Balaban J connectivity index is 1.40. The summed E-state index contributed by atoms with van der Waals surface area (Å²) in [6.07, 6.45) is 2.83. The third-order valence-corrected chi connectivity index (χ3v) is 7.09. The number of methoxy groups -OCH3 is 2. The molecule has 0 amide bonds. The first-order chi connectivity index (χ1) is 21.3. The van der Waals surface area contributed by atoms with Gasteiger partial charge >= 0.3 is 11.9 Å². The van der Waals surface area contributed by atoms with E-state index in [-0.39, 0.29) is 41.8 Å². The number of carbonyl (C=O) groups is 2. The fraction of sp³-hybridized carbons (Fsp3) is 0.176. The van der Waals surface area contributed by atoms with Gasteiger partial charge < -0.3 is 39.0 Å². The lowest BCUT2D eigenvalue weighted by Gasteiger charge is -2.20.